The van der Waals surface area contributed by atoms with Crippen LogP contribution in [0, 0.1) is 5.92 Å². The summed E-state index contributed by atoms with van der Waals surface area (Å²) in [6, 6.07) is 0. The lowest BCUT2D eigenvalue weighted by Gasteiger charge is -2.29. The predicted octanol–water partition coefficient (Wildman–Crippen LogP) is 2.98. The van der Waals surface area contributed by atoms with Crippen LogP contribution >= 0.6 is 0 Å². The van der Waals surface area contributed by atoms with Crippen molar-refractivity contribution in [2.75, 3.05) is 19.7 Å². The van der Waals surface area contributed by atoms with Gasteiger partial charge in [-0.1, -0.05) is 38.5 Å². The van der Waals surface area contributed by atoms with Gasteiger partial charge in [0.1, 0.15) is 0 Å². The van der Waals surface area contributed by atoms with Gasteiger partial charge in [0.2, 0.25) is 0 Å². The largest absolute Gasteiger partial charge is 0.299 e. The lowest BCUT2D eigenvalue weighted by Crippen LogP contribution is -2.37. The monoisotopic (exact) mass is 197 g/mol. The first-order valence-electron chi connectivity index (χ1n) is 6.33. The van der Waals surface area contributed by atoms with Gasteiger partial charge in [0.25, 0.3) is 0 Å². The minimum absolute atomic E-state index is 0.949. The fraction of sp³-hybridized carbons (Fsp3) is 1.00. The standard InChI is InChI=1S/C12H23NO/c1(2-6-12-7-4-8-12)3-11-14-13-9-5-10-13/h12H,1-11H2. The number of hydrogen-bond donors (Lipinski definition) is 0. The van der Waals surface area contributed by atoms with Crippen molar-refractivity contribution in [3.63, 3.8) is 0 Å². The van der Waals surface area contributed by atoms with Crippen molar-refractivity contribution < 1.29 is 4.84 Å². The minimum atomic E-state index is 0.949. The second-order valence-corrected chi connectivity index (χ2v) is 4.76. The molecule has 0 aromatic rings. The van der Waals surface area contributed by atoms with Crippen LogP contribution in [0.5, 0.6) is 0 Å². The van der Waals surface area contributed by atoms with E-state index in [9.17, 15) is 0 Å². The molecule has 2 nitrogen and oxygen atoms in total. The first-order valence-corrected chi connectivity index (χ1v) is 6.33. The van der Waals surface area contributed by atoms with Crippen LogP contribution in [0.25, 0.3) is 0 Å². The minimum Gasteiger partial charge on any atom is -0.299 e. The van der Waals surface area contributed by atoms with E-state index in [4.69, 9.17) is 4.84 Å². The molecule has 0 aromatic carbocycles. The second kappa shape index (κ2) is 5.72. The van der Waals surface area contributed by atoms with E-state index in [0.29, 0.717) is 0 Å². The van der Waals surface area contributed by atoms with Gasteiger partial charge in [-0.2, -0.15) is 5.06 Å². The Morgan fingerprint density at radius 3 is 2.43 bits per heavy atom. The Bertz CT molecular complexity index is 134. The maximum absolute atomic E-state index is 5.56. The molecule has 0 spiro atoms. The topological polar surface area (TPSA) is 12.5 Å². The van der Waals surface area contributed by atoms with Crippen LogP contribution in [0.3, 0.4) is 0 Å². The van der Waals surface area contributed by atoms with Gasteiger partial charge < -0.3 is 0 Å². The highest BCUT2D eigenvalue weighted by Crippen LogP contribution is 2.30. The summed E-state index contributed by atoms with van der Waals surface area (Å²) in [5.41, 5.74) is 0. The second-order valence-electron chi connectivity index (χ2n) is 4.76. The number of rotatable bonds is 7. The van der Waals surface area contributed by atoms with Crippen LogP contribution in [0.2, 0.25) is 0 Å². The summed E-state index contributed by atoms with van der Waals surface area (Å²) < 4.78 is 0. The van der Waals surface area contributed by atoms with Crippen LogP contribution in [0.15, 0.2) is 0 Å². The van der Waals surface area contributed by atoms with Crippen molar-refractivity contribution >= 4 is 0 Å². The number of unbranched alkanes of at least 4 members (excludes halogenated alkanes) is 2. The molecule has 82 valence electrons. The Labute approximate surface area is 87.6 Å². The molecule has 0 atom stereocenters. The van der Waals surface area contributed by atoms with E-state index in [0.717, 1.165) is 25.6 Å². The van der Waals surface area contributed by atoms with Crippen LogP contribution in [-0.4, -0.2) is 24.8 Å². The molecule has 0 bridgehead atoms. The molecule has 1 saturated heterocycles. The fourth-order valence-corrected chi connectivity index (χ4v) is 2.10. The molecular formula is C12H23NO. The van der Waals surface area contributed by atoms with Gasteiger partial charge in [-0.05, 0) is 18.8 Å². The van der Waals surface area contributed by atoms with Gasteiger partial charge in [-0.15, -0.1) is 0 Å². The van der Waals surface area contributed by atoms with E-state index in [1.807, 2.05) is 0 Å². The lowest BCUT2D eigenvalue weighted by atomic mass is 9.82. The zero-order valence-electron chi connectivity index (χ0n) is 9.21. The van der Waals surface area contributed by atoms with E-state index < -0.39 is 0 Å². The first-order chi connectivity index (χ1) is 6.95. The van der Waals surface area contributed by atoms with Gasteiger partial charge in [-0.3, -0.25) is 4.84 Å². The molecule has 0 amide bonds. The van der Waals surface area contributed by atoms with E-state index in [-0.39, 0.29) is 0 Å². The molecule has 2 fully saturated rings. The van der Waals surface area contributed by atoms with Gasteiger partial charge in [0, 0.05) is 13.1 Å². The van der Waals surface area contributed by atoms with Crippen molar-refractivity contribution in [2.45, 2.75) is 51.4 Å². The molecule has 0 unspecified atom stereocenters. The van der Waals surface area contributed by atoms with Gasteiger partial charge in [0.15, 0.2) is 0 Å². The normalized spacial score (nSPS) is 23.1. The van der Waals surface area contributed by atoms with Crippen LogP contribution in [-0.2, 0) is 4.84 Å². The number of hydrogen-bond acceptors (Lipinski definition) is 2. The van der Waals surface area contributed by atoms with E-state index in [1.54, 1.807) is 0 Å². The average Bonchev–Trinajstić information content (AvgIpc) is 2.03. The maximum Gasteiger partial charge on any atom is 0.0685 e. The molecule has 1 heterocycles. The van der Waals surface area contributed by atoms with Crippen molar-refractivity contribution in [1.82, 2.24) is 5.06 Å². The summed E-state index contributed by atoms with van der Waals surface area (Å²) in [5, 5.41) is 2.09. The zero-order valence-corrected chi connectivity index (χ0v) is 9.21. The van der Waals surface area contributed by atoms with E-state index in [1.165, 1.54) is 51.4 Å². The Morgan fingerprint density at radius 2 is 1.86 bits per heavy atom. The third-order valence-electron chi connectivity index (χ3n) is 3.57. The molecule has 0 aromatic heterocycles. The number of hydroxylamine groups is 2. The Kier molecular flexibility index (Phi) is 4.26. The Morgan fingerprint density at radius 1 is 1.00 bits per heavy atom. The predicted molar refractivity (Wildman–Crippen MR) is 58.0 cm³/mol. The smallest absolute Gasteiger partial charge is 0.0685 e. The highest BCUT2D eigenvalue weighted by atomic mass is 16.7. The summed E-state index contributed by atoms with van der Waals surface area (Å²) in [4.78, 5) is 5.56. The summed E-state index contributed by atoms with van der Waals surface area (Å²) in [6.45, 7) is 3.26. The first kappa shape index (κ1) is 10.4. The molecule has 1 aliphatic heterocycles. The van der Waals surface area contributed by atoms with E-state index >= 15 is 0 Å². The molecule has 0 radical (unpaired) electrons. The third-order valence-corrected chi connectivity index (χ3v) is 3.57. The Balaban J connectivity index is 1.32. The van der Waals surface area contributed by atoms with Crippen LogP contribution < -0.4 is 0 Å². The van der Waals surface area contributed by atoms with Crippen LogP contribution in [0.1, 0.15) is 51.4 Å². The van der Waals surface area contributed by atoms with Gasteiger partial charge in [0.05, 0.1) is 6.61 Å². The molecule has 14 heavy (non-hydrogen) atoms. The Hall–Kier alpha value is -0.0800. The van der Waals surface area contributed by atoms with Crippen molar-refractivity contribution in [2.24, 2.45) is 5.92 Å². The highest BCUT2D eigenvalue weighted by Gasteiger charge is 2.16. The molecule has 1 saturated carbocycles. The molecule has 2 aliphatic rings. The van der Waals surface area contributed by atoms with Crippen LogP contribution in [0.4, 0.5) is 0 Å². The van der Waals surface area contributed by atoms with Crippen molar-refractivity contribution in [3.8, 4) is 0 Å². The maximum atomic E-state index is 5.56. The average molecular weight is 197 g/mol. The summed E-state index contributed by atoms with van der Waals surface area (Å²) in [7, 11) is 0. The van der Waals surface area contributed by atoms with Gasteiger partial charge >= 0.3 is 0 Å². The SMILES string of the molecule is C(CCON1CCC1)CCC1CCC1. The third kappa shape index (κ3) is 3.25. The lowest BCUT2D eigenvalue weighted by molar-refractivity contribution is -0.197. The number of nitrogens with zero attached hydrogens (tertiary/aromatic N) is 1. The summed E-state index contributed by atoms with van der Waals surface area (Å²) >= 11 is 0. The summed E-state index contributed by atoms with van der Waals surface area (Å²) in [6.07, 6.45) is 11.3. The molecule has 2 heteroatoms. The molecule has 0 N–H and O–H groups in total. The molecule has 1 aliphatic carbocycles. The van der Waals surface area contributed by atoms with Crippen molar-refractivity contribution in [1.29, 1.82) is 0 Å². The quantitative estimate of drug-likeness (QED) is 0.582. The van der Waals surface area contributed by atoms with Crippen molar-refractivity contribution in [3.05, 3.63) is 0 Å². The molecule has 2 rings (SSSR count). The summed E-state index contributed by atoms with van der Waals surface area (Å²) in [5.74, 6) is 1.09. The fourth-order valence-electron chi connectivity index (χ4n) is 2.10. The van der Waals surface area contributed by atoms with Gasteiger partial charge in [-0.25, -0.2) is 0 Å². The molecular weight excluding hydrogens is 174 g/mol. The highest BCUT2D eigenvalue weighted by molar-refractivity contribution is 4.69. The zero-order chi connectivity index (χ0) is 9.64. The van der Waals surface area contributed by atoms with E-state index in [2.05, 4.69) is 5.06 Å².